The Hall–Kier alpha value is -4.21. The molecule has 0 fully saturated rings. The Labute approximate surface area is 228 Å². The van der Waals surface area contributed by atoms with Gasteiger partial charge in [0.15, 0.2) is 0 Å². The van der Waals surface area contributed by atoms with Crippen LogP contribution < -0.4 is 20.1 Å². The molecule has 3 N–H and O–H groups in total. The Morgan fingerprint density at radius 3 is 2.58 bits per heavy atom. The molecule has 11 heteroatoms. The maximum atomic E-state index is 13.3. The summed E-state index contributed by atoms with van der Waals surface area (Å²) >= 11 is 12.4. The number of nitrogens with two attached hydrogens (primary N) is 1. The molecule has 1 aliphatic heterocycles. The van der Waals surface area contributed by atoms with Crippen molar-refractivity contribution in [3.8, 4) is 11.6 Å². The third kappa shape index (κ3) is 5.11. The Morgan fingerprint density at radius 2 is 1.84 bits per heavy atom. The molecule has 38 heavy (non-hydrogen) atoms. The van der Waals surface area contributed by atoms with Crippen molar-refractivity contribution in [3.63, 3.8) is 0 Å². The molecule has 5 rings (SSSR count). The van der Waals surface area contributed by atoms with E-state index >= 15 is 0 Å². The van der Waals surface area contributed by atoms with E-state index in [9.17, 15) is 4.79 Å². The van der Waals surface area contributed by atoms with Gasteiger partial charge in [-0.2, -0.15) is 0 Å². The second-order valence-corrected chi connectivity index (χ2v) is 9.35. The number of hydrogen-bond acceptors (Lipinski definition) is 8. The highest BCUT2D eigenvalue weighted by Crippen LogP contribution is 2.33. The zero-order valence-corrected chi connectivity index (χ0v) is 21.8. The highest BCUT2D eigenvalue weighted by atomic mass is 35.5. The number of carbonyl (C=O) groups is 1. The number of benzene rings is 1. The number of anilines is 2. The number of carbonyl (C=O) groups excluding carboxylic acids is 1. The summed E-state index contributed by atoms with van der Waals surface area (Å²) in [7, 11) is 0. The molecule has 0 saturated heterocycles. The lowest BCUT2D eigenvalue weighted by atomic mass is 10.0. The van der Waals surface area contributed by atoms with E-state index in [4.69, 9.17) is 43.8 Å². The van der Waals surface area contributed by atoms with Crippen LogP contribution >= 0.6 is 23.2 Å². The molecule has 1 aliphatic rings. The third-order valence-electron chi connectivity index (χ3n) is 6.00. The van der Waals surface area contributed by atoms with Crippen LogP contribution in [0.5, 0.6) is 11.6 Å². The lowest BCUT2D eigenvalue weighted by Crippen LogP contribution is -2.38. The first-order valence-corrected chi connectivity index (χ1v) is 12.3. The number of pyridine rings is 3. The average molecular weight is 549 g/mol. The second kappa shape index (κ2) is 10.6. The fourth-order valence-corrected chi connectivity index (χ4v) is 4.40. The number of hydrogen-bond donors (Lipinski definition) is 2. The fourth-order valence-electron chi connectivity index (χ4n) is 3.93. The van der Waals surface area contributed by atoms with Crippen molar-refractivity contribution in [1.29, 1.82) is 5.41 Å². The van der Waals surface area contributed by atoms with Gasteiger partial charge in [-0.15, -0.1) is 0 Å². The lowest BCUT2D eigenvalue weighted by Gasteiger charge is -2.29. The first-order valence-electron chi connectivity index (χ1n) is 11.6. The van der Waals surface area contributed by atoms with Crippen molar-refractivity contribution in [2.75, 3.05) is 23.8 Å². The number of amides is 1. The van der Waals surface area contributed by atoms with Crippen LogP contribution in [0.4, 0.5) is 11.4 Å². The van der Waals surface area contributed by atoms with Crippen LogP contribution in [-0.2, 0) is 6.61 Å². The Morgan fingerprint density at radius 1 is 1.08 bits per heavy atom. The number of nitrogens with one attached hydrogen (secondary N) is 1. The number of halogens is 2. The maximum Gasteiger partial charge on any atom is 0.260 e. The van der Waals surface area contributed by atoms with Crippen molar-refractivity contribution < 1.29 is 14.3 Å². The highest BCUT2D eigenvalue weighted by Gasteiger charge is 2.27. The quantitative estimate of drug-likeness (QED) is 0.253. The summed E-state index contributed by atoms with van der Waals surface area (Å²) in [4.78, 5) is 27.4. The third-order valence-corrected chi connectivity index (χ3v) is 6.65. The number of nitrogen functional groups attached to an aromatic ring is 1. The molecule has 0 unspecified atom stereocenters. The van der Waals surface area contributed by atoms with Crippen molar-refractivity contribution in [2.45, 2.75) is 13.5 Å². The normalized spacial score (nSPS) is 12.4. The molecule has 4 aromatic rings. The predicted octanol–water partition coefficient (Wildman–Crippen LogP) is 5.10. The molecular formula is C27H22Cl2N6O3. The zero-order valence-electron chi connectivity index (χ0n) is 20.2. The van der Waals surface area contributed by atoms with Crippen LogP contribution in [0.1, 0.15) is 32.7 Å². The van der Waals surface area contributed by atoms with Crippen molar-refractivity contribution in [3.05, 3.63) is 99.2 Å². The summed E-state index contributed by atoms with van der Waals surface area (Å²) in [6.07, 6.45) is 6.05. The molecule has 0 saturated carbocycles. The minimum atomic E-state index is -0.226. The first-order chi connectivity index (χ1) is 18.3. The molecular weight excluding hydrogens is 527 g/mol. The van der Waals surface area contributed by atoms with Crippen molar-refractivity contribution in [1.82, 2.24) is 15.0 Å². The smallest absolute Gasteiger partial charge is 0.260 e. The molecule has 0 aliphatic carbocycles. The molecule has 9 nitrogen and oxygen atoms in total. The van der Waals surface area contributed by atoms with E-state index in [-0.39, 0.29) is 18.2 Å². The summed E-state index contributed by atoms with van der Waals surface area (Å²) in [5.74, 6) is 0.564. The molecule has 3 aromatic heterocycles. The van der Waals surface area contributed by atoms with Crippen LogP contribution in [0.25, 0.3) is 0 Å². The van der Waals surface area contributed by atoms with E-state index in [1.165, 1.54) is 18.6 Å². The van der Waals surface area contributed by atoms with Gasteiger partial charge in [0.05, 0.1) is 27.9 Å². The Kier molecular flexibility index (Phi) is 7.13. The summed E-state index contributed by atoms with van der Waals surface area (Å²) in [6.45, 7) is 2.61. The lowest BCUT2D eigenvalue weighted by molar-refractivity contribution is 0.0975. The molecule has 192 valence electrons. The van der Waals surface area contributed by atoms with E-state index in [0.717, 1.165) is 5.69 Å². The monoisotopic (exact) mass is 548 g/mol. The maximum absolute atomic E-state index is 13.3. The number of nitrogens with zero attached hydrogens (tertiary/aromatic N) is 4. The Bertz CT molecular complexity index is 1520. The van der Waals surface area contributed by atoms with Gasteiger partial charge in [-0.1, -0.05) is 23.2 Å². The van der Waals surface area contributed by atoms with Crippen LogP contribution in [0, 0.1) is 12.3 Å². The number of aryl methyl sites for hydroxylation is 1. The first kappa shape index (κ1) is 25.4. The van der Waals surface area contributed by atoms with Crippen LogP contribution in [0.15, 0.2) is 61.2 Å². The molecule has 0 bridgehead atoms. The van der Waals surface area contributed by atoms with Gasteiger partial charge in [-0.05, 0) is 43.3 Å². The number of rotatable bonds is 6. The standard InChI is InChI=1S/C27H22Cl2N6O3/c1-15-2-3-16(10-33-15)27(36)35-6-7-37-26-24(35)8-17(11-34-26)25(31)19-9-18(4-5-23(19)30)38-14-20-21(28)12-32-13-22(20)29/h2-5,8-13,31H,6-7,14,30H2,1H3. The molecule has 0 spiro atoms. The molecule has 0 atom stereocenters. The second-order valence-electron chi connectivity index (χ2n) is 8.54. The average Bonchev–Trinajstić information content (AvgIpc) is 2.92. The summed E-state index contributed by atoms with van der Waals surface area (Å²) < 4.78 is 11.6. The van der Waals surface area contributed by atoms with Crippen LogP contribution in [0.2, 0.25) is 10.0 Å². The number of aromatic nitrogens is 3. The molecule has 1 amide bonds. The van der Waals surface area contributed by atoms with Gasteiger partial charge >= 0.3 is 0 Å². The highest BCUT2D eigenvalue weighted by molar-refractivity contribution is 6.35. The molecule has 0 radical (unpaired) electrons. The summed E-state index contributed by atoms with van der Waals surface area (Å²) in [5.41, 5.74) is 9.95. The van der Waals surface area contributed by atoms with Gasteiger partial charge in [0.25, 0.3) is 5.91 Å². The minimum Gasteiger partial charge on any atom is -0.489 e. The summed E-state index contributed by atoms with van der Waals surface area (Å²) in [6, 6.07) is 10.2. The molecule has 4 heterocycles. The van der Waals surface area contributed by atoms with Gasteiger partial charge < -0.3 is 15.2 Å². The van der Waals surface area contributed by atoms with Crippen molar-refractivity contribution >= 4 is 46.2 Å². The van der Waals surface area contributed by atoms with Gasteiger partial charge in [0.2, 0.25) is 5.88 Å². The van der Waals surface area contributed by atoms with Gasteiger partial charge in [-0.3, -0.25) is 25.1 Å². The minimum absolute atomic E-state index is 0.109. The van der Waals surface area contributed by atoms with E-state index in [0.29, 0.717) is 68.5 Å². The fraction of sp³-hybridized carbons (Fsp3) is 0.148. The van der Waals surface area contributed by atoms with Gasteiger partial charge in [0, 0.05) is 52.9 Å². The molecule has 1 aromatic carbocycles. The van der Waals surface area contributed by atoms with E-state index in [2.05, 4.69) is 15.0 Å². The number of ether oxygens (including phenoxy) is 2. The zero-order chi connectivity index (χ0) is 26.8. The topological polar surface area (TPSA) is 127 Å². The van der Waals surface area contributed by atoms with Gasteiger partial charge in [0.1, 0.15) is 24.7 Å². The van der Waals surface area contributed by atoms with Gasteiger partial charge in [-0.25, -0.2) is 4.98 Å². The van der Waals surface area contributed by atoms with E-state index < -0.39 is 0 Å². The predicted molar refractivity (Wildman–Crippen MR) is 146 cm³/mol. The Balaban J connectivity index is 1.41. The van der Waals surface area contributed by atoms with Crippen LogP contribution in [0.3, 0.4) is 0 Å². The van der Waals surface area contributed by atoms with E-state index in [1.54, 1.807) is 47.5 Å². The largest absolute Gasteiger partial charge is 0.489 e. The number of fused-ring (bicyclic) bond motifs is 1. The summed E-state index contributed by atoms with van der Waals surface area (Å²) in [5, 5.41) is 9.66. The van der Waals surface area contributed by atoms with Crippen molar-refractivity contribution in [2.24, 2.45) is 0 Å². The van der Waals surface area contributed by atoms with Crippen LogP contribution in [-0.4, -0.2) is 39.7 Å². The SMILES string of the molecule is Cc1ccc(C(=O)N2CCOc3ncc(C(=N)c4cc(OCc5c(Cl)cncc5Cl)ccc4N)cc32)cn1. The van der Waals surface area contributed by atoms with E-state index in [1.807, 2.05) is 6.92 Å².